The molecule has 0 aliphatic heterocycles. The maximum absolute atomic E-state index is 6.27. The highest BCUT2D eigenvalue weighted by atomic mass is 31.1. The van der Waals surface area contributed by atoms with Crippen molar-refractivity contribution in [3.8, 4) is 22.6 Å². The van der Waals surface area contributed by atoms with Crippen molar-refractivity contribution in [1.82, 2.24) is 0 Å². The molecular weight excluding hydrogens is 435 g/mol. The summed E-state index contributed by atoms with van der Waals surface area (Å²) in [6.07, 6.45) is 0. The molecule has 0 fully saturated rings. The summed E-state index contributed by atoms with van der Waals surface area (Å²) in [5, 5.41) is 4.01. The fourth-order valence-corrected chi connectivity index (χ4v) is 9.86. The highest BCUT2D eigenvalue weighted by molar-refractivity contribution is 7.69. The molecule has 0 heterocycles. The third kappa shape index (κ3) is 4.59. The van der Waals surface area contributed by atoms with Gasteiger partial charge < -0.3 is 9.47 Å². The normalized spacial score (nSPS) is 12.6. The first-order valence-electron chi connectivity index (χ1n) is 12.3. The Kier molecular flexibility index (Phi) is 7.45. The molecule has 0 bridgehead atoms. The molecule has 3 aromatic rings. The summed E-state index contributed by atoms with van der Waals surface area (Å²) in [6, 6.07) is 13.3. The number of fused-ring (bicyclic) bond motifs is 1. The molecule has 3 aromatic carbocycles. The number of hydrogen-bond donors (Lipinski definition) is 0. The van der Waals surface area contributed by atoms with Crippen LogP contribution in [-0.2, 0) is 0 Å². The van der Waals surface area contributed by atoms with E-state index in [1.165, 1.54) is 38.3 Å². The predicted molar refractivity (Wildman–Crippen MR) is 152 cm³/mol. The lowest BCUT2D eigenvalue weighted by Gasteiger charge is -2.44. The standard InChI is InChI=1S/C31H43O2P/c1-19(2)23-18-17-22-15-13-14-16-24(22)25(23)26-27(32-11)20(3)21(4)28(33-12)29(26)34(30(5,6)7)31(8,9)10/h13-19H,1-12H3. The predicted octanol–water partition coefficient (Wildman–Crippen LogP) is 8.97. The van der Waals surface area contributed by atoms with Crippen LogP contribution in [0.3, 0.4) is 0 Å². The number of methoxy groups -OCH3 is 2. The van der Waals surface area contributed by atoms with Crippen molar-refractivity contribution in [3.63, 3.8) is 0 Å². The van der Waals surface area contributed by atoms with E-state index in [1.807, 2.05) is 14.2 Å². The van der Waals surface area contributed by atoms with Crippen LogP contribution in [0, 0.1) is 13.8 Å². The van der Waals surface area contributed by atoms with Gasteiger partial charge in [0.25, 0.3) is 0 Å². The van der Waals surface area contributed by atoms with E-state index in [1.54, 1.807) is 0 Å². The van der Waals surface area contributed by atoms with E-state index in [4.69, 9.17) is 9.47 Å². The van der Waals surface area contributed by atoms with Crippen molar-refractivity contribution in [3.05, 3.63) is 53.1 Å². The van der Waals surface area contributed by atoms with Crippen molar-refractivity contribution < 1.29 is 9.47 Å². The van der Waals surface area contributed by atoms with Crippen LogP contribution in [-0.4, -0.2) is 24.5 Å². The van der Waals surface area contributed by atoms with Gasteiger partial charge in [0.1, 0.15) is 11.5 Å². The van der Waals surface area contributed by atoms with Gasteiger partial charge in [0.15, 0.2) is 0 Å². The van der Waals surface area contributed by atoms with E-state index in [2.05, 4.69) is 106 Å². The SMILES string of the molecule is COc1c(C)c(C)c(OC)c(P(C(C)(C)C)C(C)(C)C)c1-c1c(C(C)C)ccc2ccccc12. The third-order valence-electron chi connectivity index (χ3n) is 6.73. The molecule has 3 heteroatoms. The molecule has 0 atom stereocenters. The Morgan fingerprint density at radius 1 is 0.706 bits per heavy atom. The average Bonchev–Trinajstić information content (AvgIpc) is 2.73. The second kappa shape index (κ2) is 9.54. The lowest BCUT2D eigenvalue weighted by Crippen LogP contribution is -2.33. The zero-order valence-electron chi connectivity index (χ0n) is 23.3. The monoisotopic (exact) mass is 478 g/mol. The minimum absolute atomic E-state index is 0.0743. The Hall–Kier alpha value is -2.05. The van der Waals surface area contributed by atoms with Gasteiger partial charge in [0.05, 0.1) is 14.2 Å². The number of benzene rings is 3. The lowest BCUT2D eigenvalue weighted by atomic mass is 9.86. The van der Waals surface area contributed by atoms with Crippen LogP contribution in [0.25, 0.3) is 21.9 Å². The van der Waals surface area contributed by atoms with E-state index in [9.17, 15) is 0 Å². The first-order valence-corrected chi connectivity index (χ1v) is 13.7. The number of hydrogen-bond acceptors (Lipinski definition) is 2. The summed E-state index contributed by atoms with van der Waals surface area (Å²) in [5.74, 6) is 2.37. The third-order valence-corrected chi connectivity index (χ3v) is 10.3. The molecule has 0 aliphatic carbocycles. The molecule has 0 amide bonds. The smallest absolute Gasteiger partial charge is 0.130 e. The molecule has 2 nitrogen and oxygen atoms in total. The molecule has 184 valence electrons. The van der Waals surface area contributed by atoms with Gasteiger partial charge in [-0.05, 0) is 63.1 Å². The van der Waals surface area contributed by atoms with Crippen molar-refractivity contribution >= 4 is 24.0 Å². The van der Waals surface area contributed by atoms with E-state index >= 15 is 0 Å². The van der Waals surface area contributed by atoms with Crippen LogP contribution in [0.2, 0.25) is 0 Å². The minimum Gasteiger partial charge on any atom is -0.496 e. The van der Waals surface area contributed by atoms with E-state index in [0.29, 0.717) is 5.92 Å². The van der Waals surface area contributed by atoms with Gasteiger partial charge in [0, 0.05) is 10.9 Å². The first-order chi connectivity index (χ1) is 15.8. The van der Waals surface area contributed by atoms with Gasteiger partial charge in [-0.2, -0.15) is 0 Å². The summed E-state index contributed by atoms with van der Waals surface area (Å²) >= 11 is 0. The Bertz CT molecular complexity index is 1180. The van der Waals surface area contributed by atoms with Crippen molar-refractivity contribution in [2.45, 2.75) is 85.5 Å². The molecule has 0 unspecified atom stereocenters. The van der Waals surface area contributed by atoms with Crippen LogP contribution < -0.4 is 14.8 Å². The van der Waals surface area contributed by atoms with Crippen molar-refractivity contribution in [2.75, 3.05) is 14.2 Å². The maximum atomic E-state index is 6.27. The summed E-state index contributed by atoms with van der Waals surface area (Å²) in [7, 11) is 2.99. The van der Waals surface area contributed by atoms with Crippen molar-refractivity contribution in [1.29, 1.82) is 0 Å². The van der Waals surface area contributed by atoms with Crippen LogP contribution in [0.4, 0.5) is 0 Å². The lowest BCUT2D eigenvalue weighted by molar-refractivity contribution is 0.402. The Labute approximate surface area is 208 Å². The summed E-state index contributed by atoms with van der Waals surface area (Å²) in [4.78, 5) is 0. The summed E-state index contributed by atoms with van der Waals surface area (Å²) < 4.78 is 12.5. The molecule has 0 aromatic heterocycles. The van der Waals surface area contributed by atoms with Crippen LogP contribution in [0.15, 0.2) is 36.4 Å². The van der Waals surface area contributed by atoms with Gasteiger partial charge in [-0.3, -0.25) is 0 Å². The Balaban J connectivity index is 2.71. The Morgan fingerprint density at radius 2 is 1.24 bits per heavy atom. The molecular formula is C31H43O2P. The van der Waals surface area contributed by atoms with E-state index in [0.717, 1.165) is 17.1 Å². The molecule has 3 rings (SSSR count). The van der Waals surface area contributed by atoms with Gasteiger partial charge in [-0.25, -0.2) is 0 Å². The fourth-order valence-electron chi connectivity index (χ4n) is 5.60. The van der Waals surface area contributed by atoms with Gasteiger partial charge in [-0.1, -0.05) is 99.7 Å². The van der Waals surface area contributed by atoms with E-state index in [-0.39, 0.29) is 10.3 Å². The van der Waals surface area contributed by atoms with E-state index < -0.39 is 7.92 Å². The van der Waals surface area contributed by atoms with Crippen LogP contribution >= 0.6 is 7.92 Å². The van der Waals surface area contributed by atoms with Gasteiger partial charge >= 0.3 is 0 Å². The quantitative estimate of drug-likeness (QED) is 0.341. The van der Waals surface area contributed by atoms with Crippen molar-refractivity contribution in [2.24, 2.45) is 0 Å². The average molecular weight is 479 g/mol. The maximum Gasteiger partial charge on any atom is 0.130 e. The zero-order valence-corrected chi connectivity index (χ0v) is 24.2. The Morgan fingerprint density at radius 3 is 1.74 bits per heavy atom. The highest BCUT2D eigenvalue weighted by Crippen LogP contribution is 2.63. The first kappa shape index (κ1) is 26.6. The molecule has 0 radical (unpaired) electrons. The molecule has 0 spiro atoms. The molecule has 0 aliphatic rings. The molecule has 0 saturated heterocycles. The number of ether oxygens (including phenoxy) is 2. The summed E-state index contributed by atoms with van der Waals surface area (Å²) in [5.41, 5.74) is 6.19. The van der Waals surface area contributed by atoms with Crippen LogP contribution in [0.5, 0.6) is 11.5 Å². The topological polar surface area (TPSA) is 18.5 Å². The highest BCUT2D eigenvalue weighted by Gasteiger charge is 2.41. The second-order valence-electron chi connectivity index (χ2n) is 11.6. The number of rotatable bonds is 5. The summed E-state index contributed by atoms with van der Waals surface area (Å²) in [6.45, 7) is 23.2. The minimum atomic E-state index is -0.651. The van der Waals surface area contributed by atoms with Gasteiger partial charge in [0.2, 0.25) is 0 Å². The molecule has 34 heavy (non-hydrogen) atoms. The fraction of sp³-hybridized carbons (Fsp3) is 0.484. The second-order valence-corrected chi connectivity index (χ2v) is 15.4. The molecule has 0 N–H and O–H groups in total. The van der Waals surface area contributed by atoms with Gasteiger partial charge in [-0.15, -0.1) is 0 Å². The molecule has 0 saturated carbocycles. The van der Waals surface area contributed by atoms with Crippen LogP contribution in [0.1, 0.15) is 78.0 Å². The largest absolute Gasteiger partial charge is 0.496 e. The zero-order chi connectivity index (χ0) is 25.6.